The summed E-state index contributed by atoms with van der Waals surface area (Å²) in [5.74, 6) is -2.06. The molecule has 1 N–H and O–H groups in total. The molecule has 6 heteroatoms. The van der Waals surface area contributed by atoms with Gasteiger partial charge >= 0.3 is 5.63 Å². The Balaban J connectivity index is 1.72. The van der Waals surface area contributed by atoms with E-state index in [0.717, 1.165) is 0 Å². The van der Waals surface area contributed by atoms with Gasteiger partial charge in [-0.05, 0) is 43.2 Å². The van der Waals surface area contributed by atoms with E-state index in [9.17, 15) is 18.7 Å². The van der Waals surface area contributed by atoms with E-state index in [4.69, 9.17) is 9.15 Å². The van der Waals surface area contributed by atoms with Gasteiger partial charge in [0.2, 0.25) is 5.92 Å². The number of phenols is 1. The molecule has 1 aliphatic carbocycles. The molecular formula is C19H16F2O4. The molecule has 2 aromatic carbocycles. The van der Waals surface area contributed by atoms with Crippen LogP contribution in [0.4, 0.5) is 8.78 Å². The lowest BCUT2D eigenvalue weighted by Gasteiger charge is -2.28. The van der Waals surface area contributed by atoms with Gasteiger partial charge in [-0.15, -0.1) is 0 Å². The number of phenolic OH excluding ortho intramolecular Hbond substituents is 1. The van der Waals surface area contributed by atoms with Crippen LogP contribution in [0.2, 0.25) is 0 Å². The smallest absolute Gasteiger partial charge is 0.344 e. The van der Waals surface area contributed by atoms with Crippen LogP contribution in [-0.2, 0) is 0 Å². The van der Waals surface area contributed by atoms with Gasteiger partial charge < -0.3 is 14.3 Å². The summed E-state index contributed by atoms with van der Waals surface area (Å²) in [4.78, 5) is 12.1. The molecule has 0 spiro atoms. The molecule has 1 heterocycles. The quantitative estimate of drug-likeness (QED) is 0.544. The monoisotopic (exact) mass is 346 g/mol. The standard InChI is InChI=1S/C19H16F2O4/c20-19(21)7-5-12(6-8-19)24-13-2-4-15-16(10-13)14-3-1-11(22)9-17(14)25-18(15)23/h1-4,9-10,12,22H,5-8H2. The fourth-order valence-corrected chi connectivity index (χ4v) is 3.29. The zero-order chi connectivity index (χ0) is 17.6. The molecule has 4 rings (SSSR count). The van der Waals surface area contributed by atoms with E-state index < -0.39 is 11.5 Å². The van der Waals surface area contributed by atoms with Crippen LogP contribution in [-0.4, -0.2) is 17.1 Å². The SMILES string of the molecule is O=c1oc2cc(O)ccc2c2cc(OC3CCC(F)(F)CC3)ccc12. The van der Waals surface area contributed by atoms with Gasteiger partial charge in [-0.3, -0.25) is 0 Å². The first kappa shape index (κ1) is 15.9. The first-order valence-electron chi connectivity index (χ1n) is 8.15. The molecule has 0 amide bonds. The van der Waals surface area contributed by atoms with Gasteiger partial charge in [0.1, 0.15) is 17.1 Å². The summed E-state index contributed by atoms with van der Waals surface area (Å²) in [6.45, 7) is 0. The Kier molecular flexibility index (Phi) is 3.63. The van der Waals surface area contributed by atoms with Crippen molar-refractivity contribution in [3.05, 3.63) is 46.8 Å². The van der Waals surface area contributed by atoms with Crippen LogP contribution in [0, 0.1) is 0 Å². The highest BCUT2D eigenvalue weighted by Crippen LogP contribution is 2.35. The molecule has 4 nitrogen and oxygen atoms in total. The molecule has 0 saturated heterocycles. The van der Waals surface area contributed by atoms with Gasteiger partial charge in [0.15, 0.2) is 0 Å². The third-order valence-corrected chi connectivity index (χ3v) is 4.64. The third-order valence-electron chi connectivity index (χ3n) is 4.64. The Morgan fingerprint density at radius 2 is 1.76 bits per heavy atom. The highest BCUT2D eigenvalue weighted by Gasteiger charge is 2.35. The number of halogens is 2. The number of benzene rings is 2. The van der Waals surface area contributed by atoms with Crippen LogP contribution in [0.1, 0.15) is 25.7 Å². The summed E-state index contributed by atoms with van der Waals surface area (Å²) in [5, 5.41) is 11.3. The number of aromatic hydroxyl groups is 1. The van der Waals surface area contributed by atoms with Crippen LogP contribution < -0.4 is 10.4 Å². The minimum atomic E-state index is -2.60. The van der Waals surface area contributed by atoms with Crippen molar-refractivity contribution in [1.82, 2.24) is 0 Å². The Bertz CT molecular complexity index is 999. The van der Waals surface area contributed by atoms with Crippen LogP contribution in [0.5, 0.6) is 11.5 Å². The van der Waals surface area contributed by atoms with Crippen LogP contribution >= 0.6 is 0 Å². The molecule has 0 bridgehead atoms. The Hall–Kier alpha value is -2.63. The molecule has 0 aliphatic heterocycles. The van der Waals surface area contributed by atoms with E-state index in [-0.39, 0.29) is 30.3 Å². The topological polar surface area (TPSA) is 59.7 Å². The van der Waals surface area contributed by atoms with Crippen LogP contribution in [0.15, 0.2) is 45.6 Å². The highest BCUT2D eigenvalue weighted by atomic mass is 19.3. The summed E-state index contributed by atoms with van der Waals surface area (Å²) in [6.07, 6.45) is 0.00820. The number of alkyl halides is 2. The highest BCUT2D eigenvalue weighted by molar-refractivity contribution is 6.05. The molecule has 130 valence electrons. The van der Waals surface area contributed by atoms with E-state index in [2.05, 4.69) is 0 Å². The van der Waals surface area contributed by atoms with Gasteiger partial charge in [-0.1, -0.05) is 0 Å². The van der Waals surface area contributed by atoms with Crippen LogP contribution in [0.3, 0.4) is 0 Å². The molecule has 25 heavy (non-hydrogen) atoms. The summed E-state index contributed by atoms with van der Waals surface area (Å²) in [5.41, 5.74) is -0.219. The van der Waals surface area contributed by atoms with Gasteiger partial charge in [-0.25, -0.2) is 13.6 Å². The zero-order valence-electron chi connectivity index (χ0n) is 13.3. The average Bonchev–Trinajstić information content (AvgIpc) is 2.56. The first-order valence-corrected chi connectivity index (χ1v) is 8.15. The Labute approximate surface area is 141 Å². The summed E-state index contributed by atoms with van der Waals surface area (Å²) < 4.78 is 37.6. The lowest BCUT2D eigenvalue weighted by atomic mass is 9.94. The fraction of sp³-hybridized carbons (Fsp3) is 0.316. The predicted octanol–water partition coefficient (Wildman–Crippen LogP) is 4.61. The molecule has 1 fully saturated rings. The molecule has 1 aromatic heterocycles. The summed E-state index contributed by atoms with van der Waals surface area (Å²) in [7, 11) is 0. The predicted molar refractivity (Wildman–Crippen MR) is 89.5 cm³/mol. The molecule has 0 radical (unpaired) electrons. The Morgan fingerprint density at radius 1 is 1.04 bits per heavy atom. The zero-order valence-corrected chi connectivity index (χ0v) is 13.3. The van der Waals surface area contributed by atoms with Crippen molar-refractivity contribution in [2.45, 2.75) is 37.7 Å². The van der Waals surface area contributed by atoms with Crippen molar-refractivity contribution in [1.29, 1.82) is 0 Å². The number of ether oxygens (including phenoxy) is 1. The Morgan fingerprint density at radius 3 is 2.52 bits per heavy atom. The molecule has 1 aliphatic rings. The minimum absolute atomic E-state index is 0.00513. The molecule has 1 saturated carbocycles. The lowest BCUT2D eigenvalue weighted by Crippen LogP contribution is -2.30. The number of hydrogen-bond acceptors (Lipinski definition) is 4. The minimum Gasteiger partial charge on any atom is -0.508 e. The maximum Gasteiger partial charge on any atom is 0.344 e. The maximum atomic E-state index is 13.3. The summed E-state index contributed by atoms with van der Waals surface area (Å²) >= 11 is 0. The lowest BCUT2D eigenvalue weighted by molar-refractivity contribution is -0.0582. The van der Waals surface area contributed by atoms with E-state index in [1.165, 1.54) is 12.1 Å². The van der Waals surface area contributed by atoms with Crippen molar-refractivity contribution >= 4 is 21.7 Å². The normalized spacial score (nSPS) is 17.8. The van der Waals surface area contributed by atoms with Gasteiger partial charge in [0.25, 0.3) is 0 Å². The van der Waals surface area contributed by atoms with Crippen molar-refractivity contribution < 1.29 is 23.0 Å². The van der Waals surface area contributed by atoms with E-state index in [0.29, 0.717) is 34.7 Å². The second-order valence-corrected chi connectivity index (χ2v) is 6.45. The fourth-order valence-electron chi connectivity index (χ4n) is 3.29. The van der Waals surface area contributed by atoms with Crippen molar-refractivity contribution in [2.24, 2.45) is 0 Å². The molecular weight excluding hydrogens is 330 g/mol. The average molecular weight is 346 g/mol. The largest absolute Gasteiger partial charge is 0.508 e. The van der Waals surface area contributed by atoms with E-state index in [1.54, 1.807) is 24.3 Å². The van der Waals surface area contributed by atoms with Crippen molar-refractivity contribution in [2.75, 3.05) is 0 Å². The van der Waals surface area contributed by atoms with Crippen molar-refractivity contribution in [3.63, 3.8) is 0 Å². The molecule has 0 atom stereocenters. The first-order chi connectivity index (χ1) is 11.9. The van der Waals surface area contributed by atoms with Crippen molar-refractivity contribution in [3.8, 4) is 11.5 Å². The van der Waals surface area contributed by atoms with Gasteiger partial charge in [0.05, 0.1) is 11.5 Å². The second-order valence-electron chi connectivity index (χ2n) is 6.45. The third kappa shape index (κ3) is 3.04. The van der Waals surface area contributed by atoms with Gasteiger partial charge in [0, 0.05) is 29.7 Å². The summed E-state index contributed by atoms with van der Waals surface area (Å²) in [6, 6.07) is 9.54. The number of rotatable bonds is 2. The van der Waals surface area contributed by atoms with Gasteiger partial charge in [-0.2, -0.15) is 0 Å². The number of fused-ring (bicyclic) bond motifs is 3. The molecule has 0 unspecified atom stereocenters. The van der Waals surface area contributed by atoms with E-state index >= 15 is 0 Å². The van der Waals surface area contributed by atoms with E-state index in [1.807, 2.05) is 0 Å². The van der Waals surface area contributed by atoms with Crippen LogP contribution in [0.25, 0.3) is 21.7 Å². The molecule has 3 aromatic rings. The number of hydrogen-bond donors (Lipinski definition) is 1. The second kappa shape index (κ2) is 5.72. The maximum absolute atomic E-state index is 13.3.